The first-order valence-electron chi connectivity index (χ1n) is 11.0. The maximum atomic E-state index is 2.52. The smallest absolute Gasteiger partial charge is 0.0132 e. The van der Waals surface area contributed by atoms with Gasteiger partial charge in [-0.2, -0.15) is 0 Å². The molecule has 0 saturated heterocycles. The number of hydrogen-bond donors (Lipinski definition) is 0. The minimum absolute atomic E-state index is 0.204. The zero-order valence-electron chi connectivity index (χ0n) is 18.4. The molecule has 0 unspecified atom stereocenters. The van der Waals surface area contributed by atoms with Gasteiger partial charge in [0.2, 0.25) is 0 Å². The molecule has 2 rings (SSSR count). The molecule has 0 spiro atoms. The van der Waals surface area contributed by atoms with E-state index in [0.717, 1.165) is 0 Å². The fraction of sp³-hybridized carbons (Fsp3) is 0.615. The molecule has 0 bridgehead atoms. The van der Waals surface area contributed by atoms with E-state index >= 15 is 0 Å². The predicted molar refractivity (Wildman–Crippen MR) is 119 cm³/mol. The first-order chi connectivity index (χ1) is 12.4. The Bertz CT molecular complexity index is 728. The summed E-state index contributed by atoms with van der Waals surface area (Å²) in [4.78, 5) is 0. The molecule has 0 N–H and O–H groups in total. The van der Waals surface area contributed by atoms with E-state index in [1.807, 2.05) is 0 Å². The molecule has 0 saturated carbocycles. The van der Waals surface area contributed by atoms with Gasteiger partial charge in [0.25, 0.3) is 0 Å². The minimum atomic E-state index is 0.204. The van der Waals surface area contributed by atoms with Crippen molar-refractivity contribution in [3.63, 3.8) is 0 Å². The van der Waals surface area contributed by atoms with Crippen LogP contribution in [0.15, 0.2) is 18.2 Å². The maximum absolute atomic E-state index is 2.52. The van der Waals surface area contributed by atoms with Crippen molar-refractivity contribution < 1.29 is 0 Å². The molecule has 0 nitrogen and oxygen atoms in total. The van der Waals surface area contributed by atoms with E-state index in [1.165, 1.54) is 62.3 Å². The third-order valence-electron chi connectivity index (χ3n) is 5.63. The zero-order chi connectivity index (χ0) is 19.3. The Morgan fingerprint density at radius 1 is 0.577 bits per heavy atom. The van der Waals surface area contributed by atoms with Gasteiger partial charge in [0.1, 0.15) is 0 Å². The van der Waals surface area contributed by atoms with Crippen molar-refractivity contribution in [1.29, 1.82) is 0 Å². The van der Waals surface area contributed by atoms with E-state index < -0.39 is 0 Å². The van der Waals surface area contributed by atoms with Crippen LogP contribution in [0.25, 0.3) is 10.8 Å². The summed E-state index contributed by atoms with van der Waals surface area (Å²) in [7, 11) is 0. The summed E-state index contributed by atoms with van der Waals surface area (Å²) < 4.78 is 0. The lowest BCUT2D eigenvalue weighted by Crippen LogP contribution is -2.12. The second kappa shape index (κ2) is 9.07. The first kappa shape index (κ1) is 21.0. The molecule has 2 aromatic rings. The lowest BCUT2D eigenvalue weighted by Gasteiger charge is -2.25. The Labute approximate surface area is 162 Å². The van der Waals surface area contributed by atoms with E-state index in [9.17, 15) is 0 Å². The SMILES string of the molecule is CCCc1c(CCC)c(CCC)c2cc(C(C)(C)C)ccc2c1CCC. The molecule has 144 valence electrons. The van der Waals surface area contributed by atoms with E-state index in [-0.39, 0.29) is 5.41 Å². The number of fused-ring (bicyclic) bond motifs is 1. The molecule has 0 fully saturated rings. The van der Waals surface area contributed by atoms with Crippen LogP contribution in [0.4, 0.5) is 0 Å². The van der Waals surface area contributed by atoms with Gasteiger partial charge in [-0.05, 0) is 69.7 Å². The van der Waals surface area contributed by atoms with E-state index in [4.69, 9.17) is 0 Å². The maximum Gasteiger partial charge on any atom is -0.0132 e. The fourth-order valence-electron chi connectivity index (χ4n) is 4.39. The van der Waals surface area contributed by atoms with Gasteiger partial charge in [-0.15, -0.1) is 0 Å². The quantitative estimate of drug-likeness (QED) is 0.452. The number of benzene rings is 2. The molecule has 0 atom stereocenters. The van der Waals surface area contributed by atoms with Crippen molar-refractivity contribution in [1.82, 2.24) is 0 Å². The highest BCUT2D eigenvalue weighted by Gasteiger charge is 2.20. The van der Waals surface area contributed by atoms with Crippen LogP contribution >= 0.6 is 0 Å². The molecule has 2 aromatic carbocycles. The van der Waals surface area contributed by atoms with Gasteiger partial charge in [-0.3, -0.25) is 0 Å². The molecule has 0 aromatic heterocycles. The third kappa shape index (κ3) is 4.33. The summed E-state index contributed by atoms with van der Waals surface area (Å²) in [5.41, 5.74) is 8.35. The van der Waals surface area contributed by atoms with Crippen molar-refractivity contribution in [2.45, 2.75) is 105 Å². The lowest BCUT2D eigenvalue weighted by molar-refractivity contribution is 0.591. The van der Waals surface area contributed by atoms with Gasteiger partial charge in [0.15, 0.2) is 0 Å². The zero-order valence-corrected chi connectivity index (χ0v) is 18.4. The van der Waals surface area contributed by atoms with Crippen LogP contribution in [0.5, 0.6) is 0 Å². The van der Waals surface area contributed by atoms with Crippen molar-refractivity contribution in [2.75, 3.05) is 0 Å². The van der Waals surface area contributed by atoms with E-state index in [1.54, 1.807) is 27.6 Å². The summed E-state index contributed by atoms with van der Waals surface area (Å²) in [5.74, 6) is 0. The Kier molecular flexibility index (Phi) is 7.33. The largest absolute Gasteiger partial charge is 0.0651 e. The second-order valence-corrected chi connectivity index (χ2v) is 8.92. The molecule has 0 radical (unpaired) electrons. The van der Waals surface area contributed by atoms with Gasteiger partial charge >= 0.3 is 0 Å². The Hall–Kier alpha value is -1.30. The van der Waals surface area contributed by atoms with Crippen LogP contribution in [0.2, 0.25) is 0 Å². The average molecular weight is 353 g/mol. The molecule has 0 amide bonds. The third-order valence-corrected chi connectivity index (χ3v) is 5.63. The molecule has 0 aliphatic heterocycles. The molecule has 0 aliphatic carbocycles. The Balaban J connectivity index is 2.91. The minimum Gasteiger partial charge on any atom is -0.0651 e. The highest BCUT2D eigenvalue weighted by Crippen LogP contribution is 2.36. The average Bonchev–Trinajstić information content (AvgIpc) is 2.59. The van der Waals surface area contributed by atoms with Crippen LogP contribution in [-0.2, 0) is 31.1 Å². The number of hydrogen-bond acceptors (Lipinski definition) is 0. The molecule has 0 aliphatic rings. The Morgan fingerprint density at radius 2 is 1.00 bits per heavy atom. The highest BCUT2D eigenvalue weighted by atomic mass is 14.2. The fourth-order valence-corrected chi connectivity index (χ4v) is 4.39. The van der Waals surface area contributed by atoms with Crippen LogP contribution in [0, 0.1) is 0 Å². The predicted octanol–water partition coefficient (Wildman–Crippen LogP) is 7.95. The topological polar surface area (TPSA) is 0 Å². The summed E-state index contributed by atoms with van der Waals surface area (Å²) in [6.45, 7) is 16.3. The van der Waals surface area contributed by atoms with E-state index in [0.29, 0.717) is 0 Å². The summed E-state index contributed by atoms with van der Waals surface area (Å²) in [5, 5.41) is 3.08. The van der Waals surface area contributed by atoms with Crippen molar-refractivity contribution >= 4 is 10.8 Å². The molecule has 0 heteroatoms. The van der Waals surface area contributed by atoms with Crippen molar-refractivity contribution in [3.8, 4) is 0 Å². The van der Waals surface area contributed by atoms with Gasteiger partial charge in [0, 0.05) is 0 Å². The lowest BCUT2D eigenvalue weighted by atomic mass is 9.79. The first-order valence-corrected chi connectivity index (χ1v) is 11.0. The summed E-state index contributed by atoms with van der Waals surface area (Å²) in [6, 6.07) is 7.34. The van der Waals surface area contributed by atoms with Gasteiger partial charge < -0.3 is 0 Å². The molecule has 26 heavy (non-hydrogen) atoms. The Morgan fingerprint density at radius 3 is 1.42 bits per heavy atom. The van der Waals surface area contributed by atoms with Gasteiger partial charge in [-0.25, -0.2) is 0 Å². The summed E-state index contributed by atoms with van der Waals surface area (Å²) >= 11 is 0. The number of aryl methyl sites for hydroxylation is 2. The standard InChI is InChI=1S/C26H40/c1-8-12-20-21(13-9-2)23(15-11-4)25-18-19(26(5,6)7)16-17-24(25)22(20)14-10-3/h16-18H,8-15H2,1-7H3. The van der Waals surface area contributed by atoms with Crippen LogP contribution in [0.1, 0.15) is 102 Å². The van der Waals surface area contributed by atoms with Crippen LogP contribution in [0.3, 0.4) is 0 Å². The van der Waals surface area contributed by atoms with Gasteiger partial charge in [0.05, 0.1) is 0 Å². The van der Waals surface area contributed by atoms with Crippen LogP contribution in [-0.4, -0.2) is 0 Å². The van der Waals surface area contributed by atoms with Crippen LogP contribution < -0.4 is 0 Å². The van der Waals surface area contributed by atoms with Gasteiger partial charge in [-0.1, -0.05) is 92.3 Å². The monoisotopic (exact) mass is 352 g/mol. The normalized spacial score (nSPS) is 12.1. The summed E-state index contributed by atoms with van der Waals surface area (Å²) in [6.07, 6.45) is 9.82. The van der Waals surface area contributed by atoms with Crippen molar-refractivity contribution in [2.24, 2.45) is 0 Å². The van der Waals surface area contributed by atoms with E-state index in [2.05, 4.69) is 66.7 Å². The molecular formula is C26H40. The molecule has 0 heterocycles. The second-order valence-electron chi connectivity index (χ2n) is 8.92. The van der Waals surface area contributed by atoms with Crippen molar-refractivity contribution in [3.05, 3.63) is 46.0 Å². The molecular weight excluding hydrogens is 312 g/mol. The highest BCUT2D eigenvalue weighted by molar-refractivity contribution is 5.92. The number of rotatable bonds is 8.